The first-order valence-electron chi connectivity index (χ1n) is 6.06. The maximum atomic E-state index is 13.3. The Bertz CT molecular complexity index is 622. The lowest BCUT2D eigenvalue weighted by atomic mass is 10.0. The number of hydrogen-bond donors (Lipinski definition) is 0. The van der Waals surface area contributed by atoms with Gasteiger partial charge in [-0.15, -0.1) is 0 Å². The van der Waals surface area contributed by atoms with Crippen LogP contribution in [-0.4, -0.2) is 15.6 Å². The topological polar surface area (TPSA) is 34.9 Å². The third kappa shape index (κ3) is 2.68. The Hall–Kier alpha value is -1.68. The largest absolute Gasteiger partial charge is 0.287 e. The minimum Gasteiger partial charge on any atom is -0.287 e. The summed E-state index contributed by atoms with van der Waals surface area (Å²) >= 11 is 6.02. The van der Waals surface area contributed by atoms with Crippen LogP contribution in [0.1, 0.15) is 35.0 Å². The molecule has 0 radical (unpaired) electrons. The van der Waals surface area contributed by atoms with E-state index in [0.717, 1.165) is 6.42 Å². The number of nitrogens with zero attached hydrogens (tertiary/aromatic N) is 2. The van der Waals surface area contributed by atoms with Crippen molar-refractivity contribution in [2.75, 3.05) is 0 Å². The van der Waals surface area contributed by atoms with E-state index in [9.17, 15) is 9.18 Å². The van der Waals surface area contributed by atoms with Gasteiger partial charge in [-0.25, -0.2) is 4.39 Å². The Morgan fingerprint density at radius 3 is 2.89 bits per heavy atom. The predicted molar refractivity (Wildman–Crippen MR) is 72.1 cm³/mol. The summed E-state index contributed by atoms with van der Waals surface area (Å²) in [5.41, 5.74) is 1.35. The van der Waals surface area contributed by atoms with E-state index in [4.69, 9.17) is 11.6 Å². The van der Waals surface area contributed by atoms with E-state index < -0.39 is 5.82 Å². The summed E-state index contributed by atoms with van der Waals surface area (Å²) in [6, 6.07) is 4.14. The molecule has 1 aromatic heterocycles. The fourth-order valence-corrected chi connectivity index (χ4v) is 2.16. The monoisotopic (exact) mass is 280 g/mol. The SMILES string of the molecule is CCCn1ncc(Cl)c1C(=O)c1cc(F)ccc1C. The van der Waals surface area contributed by atoms with Crippen molar-refractivity contribution in [3.05, 3.63) is 52.1 Å². The van der Waals surface area contributed by atoms with Crippen molar-refractivity contribution in [1.82, 2.24) is 9.78 Å². The zero-order chi connectivity index (χ0) is 14.0. The van der Waals surface area contributed by atoms with Crippen molar-refractivity contribution in [3.8, 4) is 0 Å². The quantitative estimate of drug-likeness (QED) is 0.802. The van der Waals surface area contributed by atoms with Crippen LogP contribution in [0.4, 0.5) is 4.39 Å². The van der Waals surface area contributed by atoms with Crippen LogP contribution in [0.2, 0.25) is 5.02 Å². The van der Waals surface area contributed by atoms with E-state index in [1.807, 2.05) is 6.92 Å². The van der Waals surface area contributed by atoms with Gasteiger partial charge in [0.2, 0.25) is 5.78 Å². The molecule has 0 aliphatic rings. The number of halogens is 2. The highest BCUT2D eigenvalue weighted by atomic mass is 35.5. The lowest BCUT2D eigenvalue weighted by molar-refractivity contribution is 0.102. The lowest BCUT2D eigenvalue weighted by Gasteiger charge is -2.08. The normalized spacial score (nSPS) is 10.7. The van der Waals surface area contributed by atoms with E-state index in [1.165, 1.54) is 18.3 Å². The first kappa shape index (κ1) is 13.7. The second kappa shape index (κ2) is 5.53. The molecule has 2 aromatic rings. The molecule has 100 valence electrons. The fraction of sp³-hybridized carbons (Fsp3) is 0.286. The molecule has 0 saturated carbocycles. The van der Waals surface area contributed by atoms with Crippen LogP contribution in [0.25, 0.3) is 0 Å². The van der Waals surface area contributed by atoms with Crippen LogP contribution >= 0.6 is 11.6 Å². The van der Waals surface area contributed by atoms with Crippen LogP contribution in [0.3, 0.4) is 0 Å². The summed E-state index contributed by atoms with van der Waals surface area (Å²) in [7, 11) is 0. The molecule has 0 fully saturated rings. The van der Waals surface area contributed by atoms with Crippen molar-refractivity contribution < 1.29 is 9.18 Å². The van der Waals surface area contributed by atoms with Gasteiger partial charge in [0, 0.05) is 12.1 Å². The van der Waals surface area contributed by atoms with Gasteiger partial charge < -0.3 is 0 Å². The number of aromatic nitrogens is 2. The third-order valence-corrected chi connectivity index (χ3v) is 3.17. The Kier molecular flexibility index (Phi) is 4.00. The molecule has 0 amide bonds. The van der Waals surface area contributed by atoms with Gasteiger partial charge in [-0.1, -0.05) is 24.6 Å². The van der Waals surface area contributed by atoms with Crippen LogP contribution in [0.15, 0.2) is 24.4 Å². The lowest BCUT2D eigenvalue weighted by Crippen LogP contribution is -2.13. The second-order valence-electron chi connectivity index (χ2n) is 4.35. The summed E-state index contributed by atoms with van der Waals surface area (Å²) in [6.45, 7) is 4.35. The number of ketones is 1. The molecule has 5 heteroatoms. The van der Waals surface area contributed by atoms with E-state index >= 15 is 0 Å². The smallest absolute Gasteiger partial charge is 0.212 e. The van der Waals surface area contributed by atoms with Gasteiger partial charge in [0.25, 0.3) is 0 Å². The van der Waals surface area contributed by atoms with Crippen LogP contribution in [0, 0.1) is 12.7 Å². The van der Waals surface area contributed by atoms with Crippen molar-refractivity contribution in [1.29, 1.82) is 0 Å². The fourth-order valence-electron chi connectivity index (χ4n) is 1.94. The molecule has 0 atom stereocenters. The highest BCUT2D eigenvalue weighted by Crippen LogP contribution is 2.22. The summed E-state index contributed by atoms with van der Waals surface area (Å²) in [5, 5.41) is 4.37. The Balaban J connectivity index is 2.49. The molecular formula is C14H14ClFN2O. The van der Waals surface area contributed by atoms with E-state index in [1.54, 1.807) is 17.7 Å². The molecule has 0 aliphatic heterocycles. The Morgan fingerprint density at radius 2 is 2.21 bits per heavy atom. The van der Waals surface area contributed by atoms with Gasteiger partial charge in [-0.05, 0) is 31.0 Å². The zero-order valence-electron chi connectivity index (χ0n) is 10.8. The van der Waals surface area contributed by atoms with Gasteiger partial charge in [-0.2, -0.15) is 5.10 Å². The molecule has 0 spiro atoms. The molecule has 0 bridgehead atoms. The van der Waals surface area contributed by atoms with E-state index in [2.05, 4.69) is 5.10 Å². The summed E-state index contributed by atoms with van der Waals surface area (Å²) in [4.78, 5) is 12.5. The molecule has 0 N–H and O–H groups in total. The van der Waals surface area contributed by atoms with Gasteiger partial charge in [0.1, 0.15) is 11.5 Å². The summed E-state index contributed by atoms with van der Waals surface area (Å²) in [6.07, 6.45) is 2.28. The van der Waals surface area contributed by atoms with Crippen LogP contribution in [-0.2, 0) is 6.54 Å². The molecular weight excluding hydrogens is 267 g/mol. The van der Waals surface area contributed by atoms with Crippen LogP contribution in [0.5, 0.6) is 0 Å². The number of hydrogen-bond acceptors (Lipinski definition) is 2. The summed E-state index contributed by atoms with van der Waals surface area (Å²) in [5.74, 6) is -0.737. The number of benzene rings is 1. The maximum Gasteiger partial charge on any atom is 0.212 e. The molecule has 19 heavy (non-hydrogen) atoms. The van der Waals surface area contributed by atoms with Crippen molar-refractivity contribution >= 4 is 17.4 Å². The van der Waals surface area contributed by atoms with Crippen molar-refractivity contribution in [3.63, 3.8) is 0 Å². The van der Waals surface area contributed by atoms with Crippen molar-refractivity contribution in [2.45, 2.75) is 26.8 Å². The number of carbonyl (C=O) groups excluding carboxylic acids is 1. The predicted octanol–water partition coefficient (Wildman–Crippen LogP) is 3.63. The first-order chi connectivity index (χ1) is 9.04. The van der Waals surface area contributed by atoms with Gasteiger partial charge in [0.15, 0.2) is 0 Å². The minimum atomic E-state index is -0.438. The molecule has 0 aliphatic carbocycles. The Labute approximate surface area is 116 Å². The van der Waals surface area contributed by atoms with E-state index in [0.29, 0.717) is 28.4 Å². The van der Waals surface area contributed by atoms with Gasteiger partial charge in [-0.3, -0.25) is 9.48 Å². The first-order valence-corrected chi connectivity index (χ1v) is 6.44. The molecule has 1 aromatic carbocycles. The molecule has 1 heterocycles. The molecule has 0 saturated heterocycles. The summed E-state index contributed by atoms with van der Waals surface area (Å²) < 4.78 is 14.9. The Morgan fingerprint density at radius 1 is 1.47 bits per heavy atom. The molecule has 2 rings (SSSR count). The average molecular weight is 281 g/mol. The molecule has 0 unspecified atom stereocenters. The average Bonchev–Trinajstić information content (AvgIpc) is 2.73. The zero-order valence-corrected chi connectivity index (χ0v) is 11.5. The minimum absolute atomic E-state index is 0.294. The number of carbonyl (C=O) groups is 1. The molecule has 3 nitrogen and oxygen atoms in total. The van der Waals surface area contributed by atoms with Crippen molar-refractivity contribution in [2.24, 2.45) is 0 Å². The highest BCUT2D eigenvalue weighted by Gasteiger charge is 2.20. The second-order valence-corrected chi connectivity index (χ2v) is 4.76. The third-order valence-electron chi connectivity index (χ3n) is 2.89. The van der Waals surface area contributed by atoms with Gasteiger partial charge in [0.05, 0.1) is 11.2 Å². The van der Waals surface area contributed by atoms with Crippen LogP contribution < -0.4 is 0 Å². The van der Waals surface area contributed by atoms with E-state index in [-0.39, 0.29) is 5.78 Å². The highest BCUT2D eigenvalue weighted by molar-refractivity contribution is 6.34. The standard InChI is InChI=1S/C14H14ClFN2O/c1-3-6-18-13(12(15)8-17-18)14(19)11-7-10(16)5-4-9(11)2/h4-5,7-8H,3,6H2,1-2H3. The number of aryl methyl sites for hydroxylation is 2. The maximum absolute atomic E-state index is 13.3. The van der Waals surface area contributed by atoms with Gasteiger partial charge >= 0.3 is 0 Å². The number of rotatable bonds is 4.